The molecule has 1 atom stereocenters. The predicted octanol–water partition coefficient (Wildman–Crippen LogP) is 5.08. The molecule has 0 bridgehead atoms. The Morgan fingerprint density at radius 2 is 2.00 bits per heavy atom. The third-order valence-corrected chi connectivity index (χ3v) is 6.39. The Bertz CT molecular complexity index is 1160. The summed E-state index contributed by atoms with van der Waals surface area (Å²) in [5, 5.41) is 20.0. The number of thioether (sulfide) groups is 1. The number of ether oxygens (including phenoxy) is 1. The number of aromatic nitrogens is 3. The predicted molar refractivity (Wildman–Crippen MR) is 124 cm³/mol. The number of hydrogen-bond acceptors (Lipinski definition) is 6. The number of aryl methyl sites for hydroxylation is 3. The highest BCUT2D eigenvalue weighted by molar-refractivity contribution is 9.10. The fraction of sp³-hybridized carbons (Fsp3) is 0.273. The van der Waals surface area contributed by atoms with E-state index in [1.165, 1.54) is 17.3 Å². The quantitative estimate of drug-likeness (QED) is 0.185. The van der Waals surface area contributed by atoms with Crippen molar-refractivity contribution in [2.24, 2.45) is 0 Å². The largest absolute Gasteiger partial charge is 0.481 e. The molecular formula is C22H21BrN4O3S. The zero-order chi connectivity index (χ0) is 22.5. The second kappa shape index (κ2) is 9.98. The molecule has 0 amide bonds. The van der Waals surface area contributed by atoms with Crippen LogP contribution in [0.15, 0.2) is 46.0 Å². The molecule has 0 aliphatic carbocycles. The molecule has 0 spiro atoms. The van der Waals surface area contributed by atoms with Crippen LogP contribution in [0.5, 0.6) is 5.75 Å². The van der Waals surface area contributed by atoms with E-state index < -0.39 is 5.25 Å². The van der Waals surface area contributed by atoms with Gasteiger partial charge >= 0.3 is 0 Å². The number of rotatable bonds is 8. The van der Waals surface area contributed by atoms with Gasteiger partial charge in [-0.15, -0.1) is 16.6 Å². The number of terminal acetylenes is 1. The Balaban J connectivity index is 2.04. The Morgan fingerprint density at radius 1 is 1.23 bits per heavy atom. The maximum absolute atomic E-state index is 11.5. The fourth-order valence-corrected chi connectivity index (χ4v) is 4.64. The van der Waals surface area contributed by atoms with Gasteiger partial charge in [-0.05, 0) is 62.2 Å². The maximum atomic E-state index is 11.5. The van der Waals surface area contributed by atoms with E-state index in [4.69, 9.17) is 11.2 Å². The number of benzene rings is 2. The van der Waals surface area contributed by atoms with Crippen molar-refractivity contribution in [3.8, 4) is 23.8 Å². The molecule has 0 radical (unpaired) electrons. The first-order chi connectivity index (χ1) is 14.8. The molecule has 31 heavy (non-hydrogen) atoms. The minimum Gasteiger partial charge on any atom is -0.481 e. The third kappa shape index (κ3) is 5.46. The van der Waals surface area contributed by atoms with Crippen LogP contribution < -0.4 is 4.74 Å². The Hall–Kier alpha value is -2.83. The van der Waals surface area contributed by atoms with Crippen LogP contribution in [0.1, 0.15) is 27.8 Å². The second-order valence-corrected chi connectivity index (χ2v) is 9.02. The standard InChI is InChI=1S/C22H21BrN4O3S/c1-5-10-30-20-9-7-17(23)12-19(20)21(13-26(28)29)31-22-25-24-16(4)27(22)18-8-6-14(2)15(3)11-18/h1,6-9,11-12,21H,10,13H2,2-4H3/t21-/m1/s1. The molecule has 0 aliphatic heterocycles. The van der Waals surface area contributed by atoms with Crippen LogP contribution in [0.4, 0.5) is 0 Å². The van der Waals surface area contributed by atoms with Crippen molar-refractivity contribution in [2.75, 3.05) is 13.2 Å². The summed E-state index contributed by atoms with van der Waals surface area (Å²) in [5.74, 6) is 3.64. The van der Waals surface area contributed by atoms with E-state index in [9.17, 15) is 10.1 Å². The maximum Gasteiger partial charge on any atom is 0.220 e. The van der Waals surface area contributed by atoms with Crippen LogP contribution in [-0.2, 0) is 0 Å². The molecule has 2 aromatic carbocycles. The lowest BCUT2D eigenvalue weighted by Crippen LogP contribution is -2.13. The van der Waals surface area contributed by atoms with E-state index in [0.717, 1.165) is 15.7 Å². The van der Waals surface area contributed by atoms with Gasteiger partial charge in [0.25, 0.3) is 0 Å². The summed E-state index contributed by atoms with van der Waals surface area (Å²) in [7, 11) is 0. The van der Waals surface area contributed by atoms with E-state index >= 15 is 0 Å². The molecule has 3 rings (SSSR count). The highest BCUT2D eigenvalue weighted by Crippen LogP contribution is 2.41. The molecule has 0 saturated carbocycles. The minimum atomic E-state index is -0.561. The first kappa shape index (κ1) is 22.8. The number of hydrogen-bond donors (Lipinski definition) is 0. The number of nitrogens with zero attached hydrogens (tertiary/aromatic N) is 4. The lowest BCUT2D eigenvalue weighted by atomic mass is 10.1. The summed E-state index contributed by atoms with van der Waals surface area (Å²) in [6, 6.07) is 11.5. The molecule has 0 fully saturated rings. The molecule has 160 valence electrons. The van der Waals surface area contributed by atoms with Crippen molar-refractivity contribution < 1.29 is 9.66 Å². The molecular weight excluding hydrogens is 480 g/mol. The van der Waals surface area contributed by atoms with Gasteiger partial charge in [0.15, 0.2) is 5.16 Å². The van der Waals surface area contributed by atoms with Crippen molar-refractivity contribution in [1.29, 1.82) is 0 Å². The molecule has 0 aliphatic rings. The smallest absolute Gasteiger partial charge is 0.220 e. The fourth-order valence-electron chi connectivity index (χ4n) is 3.06. The average molecular weight is 501 g/mol. The van der Waals surface area contributed by atoms with Crippen LogP contribution in [-0.4, -0.2) is 32.8 Å². The molecule has 7 nitrogen and oxygen atoms in total. The van der Waals surface area contributed by atoms with Crippen molar-refractivity contribution in [3.63, 3.8) is 0 Å². The van der Waals surface area contributed by atoms with Gasteiger partial charge in [-0.2, -0.15) is 0 Å². The highest BCUT2D eigenvalue weighted by Gasteiger charge is 2.27. The van der Waals surface area contributed by atoms with Crippen LogP contribution in [0.25, 0.3) is 5.69 Å². The van der Waals surface area contributed by atoms with E-state index in [-0.39, 0.29) is 18.1 Å². The molecule has 0 N–H and O–H groups in total. The number of halogens is 1. The third-order valence-electron chi connectivity index (χ3n) is 4.74. The van der Waals surface area contributed by atoms with Gasteiger partial charge in [-0.25, -0.2) is 0 Å². The Labute approximate surface area is 193 Å². The van der Waals surface area contributed by atoms with E-state index in [1.54, 1.807) is 6.07 Å². The molecule has 9 heteroatoms. The first-order valence-corrected chi connectivity index (χ1v) is 11.1. The summed E-state index contributed by atoms with van der Waals surface area (Å²) >= 11 is 4.72. The van der Waals surface area contributed by atoms with Crippen molar-refractivity contribution >= 4 is 27.7 Å². The molecule has 1 heterocycles. The molecule has 0 saturated heterocycles. The highest BCUT2D eigenvalue weighted by atomic mass is 79.9. The van der Waals surface area contributed by atoms with Gasteiger partial charge < -0.3 is 4.74 Å². The van der Waals surface area contributed by atoms with E-state index in [2.05, 4.69) is 38.1 Å². The topological polar surface area (TPSA) is 83.1 Å². The monoisotopic (exact) mass is 500 g/mol. The summed E-state index contributed by atoms with van der Waals surface area (Å²) in [6.45, 7) is 5.70. The van der Waals surface area contributed by atoms with Gasteiger partial charge in [0.05, 0.1) is 0 Å². The van der Waals surface area contributed by atoms with Gasteiger partial charge in [-0.3, -0.25) is 14.7 Å². The summed E-state index contributed by atoms with van der Waals surface area (Å²) in [4.78, 5) is 11.2. The van der Waals surface area contributed by atoms with E-state index in [0.29, 0.717) is 22.3 Å². The lowest BCUT2D eigenvalue weighted by molar-refractivity contribution is -0.479. The SMILES string of the molecule is C#CCOc1ccc(Br)cc1[C@@H](C[N+](=O)[O-])Sc1nnc(C)n1-c1ccc(C)c(C)c1. The van der Waals surface area contributed by atoms with Gasteiger partial charge in [-0.1, -0.05) is 39.7 Å². The Kier molecular flexibility index (Phi) is 7.36. The van der Waals surface area contributed by atoms with Crippen LogP contribution in [0.2, 0.25) is 0 Å². The summed E-state index contributed by atoms with van der Waals surface area (Å²) in [6.07, 6.45) is 5.33. The van der Waals surface area contributed by atoms with Crippen molar-refractivity contribution in [1.82, 2.24) is 14.8 Å². The normalized spacial score (nSPS) is 11.7. The zero-order valence-corrected chi connectivity index (χ0v) is 19.7. The summed E-state index contributed by atoms with van der Waals surface area (Å²) in [5.41, 5.74) is 3.89. The average Bonchev–Trinajstić information content (AvgIpc) is 3.08. The summed E-state index contributed by atoms with van der Waals surface area (Å²) < 4.78 is 8.35. The minimum absolute atomic E-state index is 0.0718. The van der Waals surface area contributed by atoms with Crippen molar-refractivity contribution in [2.45, 2.75) is 31.2 Å². The van der Waals surface area contributed by atoms with Gasteiger partial charge in [0.2, 0.25) is 6.54 Å². The molecule has 3 aromatic rings. The van der Waals surface area contributed by atoms with Gasteiger partial charge in [0.1, 0.15) is 23.4 Å². The Morgan fingerprint density at radius 3 is 2.68 bits per heavy atom. The van der Waals surface area contributed by atoms with Crippen LogP contribution in [0.3, 0.4) is 0 Å². The van der Waals surface area contributed by atoms with Crippen molar-refractivity contribution in [3.05, 3.63) is 73.5 Å². The van der Waals surface area contributed by atoms with E-state index in [1.807, 2.05) is 49.6 Å². The zero-order valence-electron chi connectivity index (χ0n) is 17.3. The lowest BCUT2D eigenvalue weighted by Gasteiger charge is -2.18. The van der Waals surface area contributed by atoms with Crippen LogP contribution >= 0.6 is 27.7 Å². The number of nitro groups is 1. The molecule has 0 unspecified atom stereocenters. The molecule has 1 aromatic heterocycles. The first-order valence-electron chi connectivity index (χ1n) is 9.44. The second-order valence-electron chi connectivity index (χ2n) is 6.93. The van der Waals surface area contributed by atoms with Gasteiger partial charge in [0, 0.05) is 20.6 Å². The van der Waals surface area contributed by atoms with Crippen LogP contribution in [0, 0.1) is 43.2 Å².